The van der Waals surface area contributed by atoms with Crippen LogP contribution in [-0.2, 0) is 0 Å². The molecule has 1 aromatic rings. The van der Waals surface area contributed by atoms with E-state index in [1.807, 2.05) is 13.0 Å². The van der Waals surface area contributed by atoms with Crippen molar-refractivity contribution in [2.45, 2.75) is 13.8 Å². The van der Waals surface area contributed by atoms with Crippen LogP contribution in [0.25, 0.3) is 5.31 Å². The number of fused-ring (bicyclic) bond motifs is 2. The summed E-state index contributed by atoms with van der Waals surface area (Å²) in [6.07, 6.45) is 2.16. The first kappa shape index (κ1) is 11.4. The molecule has 74 valence electrons. The van der Waals surface area contributed by atoms with E-state index < -0.39 is 45.0 Å². The molecule has 0 bridgehead atoms. The molecule has 0 atom stereocenters. The molecule has 0 amide bonds. The third kappa shape index (κ3) is 1.73. The fraction of sp³-hybridized carbons (Fsp3) is 0.154. The van der Waals surface area contributed by atoms with Crippen LogP contribution in [0, 0.1) is 6.92 Å². The maximum atomic E-state index is 12.2. The summed E-state index contributed by atoms with van der Waals surface area (Å²) in [6.45, 7) is 4.24. The van der Waals surface area contributed by atoms with Gasteiger partial charge in [-0.25, -0.2) is 0 Å². The zero-order valence-electron chi connectivity index (χ0n) is 9.66. The molecule has 4 radical (unpaired) electrons. The molecule has 2 aliphatic rings. The number of rotatable bonds is 0. The molecule has 16 heavy (non-hydrogen) atoms. The summed E-state index contributed by atoms with van der Waals surface area (Å²) in [6, 6.07) is 6.27. The van der Waals surface area contributed by atoms with Gasteiger partial charge in [0, 0.05) is 0 Å². The number of Topliss-reactive ketones (excluding diaryl/α,β-unsaturated/α-hetero) is 1. The second kappa shape index (κ2) is 4.20. The van der Waals surface area contributed by atoms with Crippen molar-refractivity contribution in [1.82, 2.24) is 0 Å². The molecule has 1 heterocycles. The van der Waals surface area contributed by atoms with Crippen LogP contribution in [-0.4, -0.2) is 50.8 Å². The van der Waals surface area contributed by atoms with Crippen molar-refractivity contribution in [3.63, 3.8) is 0 Å². The van der Waals surface area contributed by atoms with Crippen molar-refractivity contribution in [3.8, 4) is 0 Å². The molecule has 0 saturated heterocycles. The Balaban J connectivity index is 2.28. The van der Waals surface area contributed by atoms with E-state index in [9.17, 15) is 4.79 Å². The van der Waals surface area contributed by atoms with Gasteiger partial charge >= 0.3 is 122 Å². The van der Waals surface area contributed by atoms with E-state index in [0.29, 0.717) is 0 Å². The summed E-state index contributed by atoms with van der Waals surface area (Å²) < 4.78 is 3.01. The van der Waals surface area contributed by atoms with E-state index in [4.69, 9.17) is 0 Å². The molecule has 0 aromatic heterocycles. The molecule has 0 fully saturated rings. The molecule has 1 aliphatic carbocycles. The first-order valence-corrected chi connectivity index (χ1v) is 12.8. The van der Waals surface area contributed by atoms with Gasteiger partial charge in [-0.3, -0.25) is 0 Å². The standard InChI is InChI=1S/C13H10OP.K/c1-3-4-10-12(14)11-7-8(2)5-6-9(11)13(10)15;/h4-7H,1-2H3;. The van der Waals surface area contributed by atoms with Crippen LogP contribution in [0.2, 0.25) is 0 Å². The van der Waals surface area contributed by atoms with Crippen molar-refractivity contribution in [2.24, 2.45) is 0 Å². The Morgan fingerprint density at radius 3 is 2.81 bits per heavy atom. The van der Waals surface area contributed by atoms with E-state index in [-0.39, 0.29) is 5.78 Å². The number of aryl methyl sites for hydroxylation is 1. The van der Waals surface area contributed by atoms with Crippen molar-refractivity contribution in [3.05, 3.63) is 46.2 Å². The molecule has 1 aliphatic heterocycles. The maximum absolute atomic E-state index is 12.2. The quantitative estimate of drug-likeness (QED) is 0.511. The Labute approximate surface area is 120 Å². The molecule has 3 heteroatoms. The number of carbonyl (C=O) groups excluding carboxylic acids is 1. The molecule has 1 aromatic carbocycles. The second-order valence-corrected chi connectivity index (χ2v) is 12.8. The minimum atomic E-state index is -0.868. The Bertz CT molecular complexity index is 608. The zero-order chi connectivity index (χ0) is 11.3. The zero-order valence-corrected chi connectivity index (χ0v) is 13.7. The summed E-state index contributed by atoms with van der Waals surface area (Å²) in [5.41, 5.74) is 4.28. The van der Waals surface area contributed by atoms with Crippen molar-refractivity contribution in [1.29, 1.82) is 0 Å². The molecule has 0 saturated carbocycles. The van der Waals surface area contributed by atoms with E-state index in [1.54, 1.807) is 0 Å². The number of allylic oxidation sites excluding steroid dienone is 3. The van der Waals surface area contributed by atoms with Gasteiger partial charge in [0.25, 0.3) is 0 Å². The van der Waals surface area contributed by atoms with Gasteiger partial charge < -0.3 is 0 Å². The minimum absolute atomic E-state index is 0.244. The van der Waals surface area contributed by atoms with Gasteiger partial charge in [0.2, 0.25) is 0 Å². The number of benzene rings is 1. The normalized spacial score (nSPS) is 18.4. The molecule has 1 nitrogen and oxygen atoms in total. The third-order valence-corrected chi connectivity index (χ3v) is 12.1. The first-order valence-electron chi connectivity index (χ1n) is 5.69. The van der Waals surface area contributed by atoms with Gasteiger partial charge in [-0.2, -0.15) is 0 Å². The fourth-order valence-corrected chi connectivity index (χ4v) is 10.0. The summed E-state index contributed by atoms with van der Waals surface area (Å²) in [4.78, 5) is 12.2. The average Bonchev–Trinajstić information content (AvgIpc) is 2.53. The summed E-state index contributed by atoms with van der Waals surface area (Å²) in [5.74, 6) is 0.244. The monoisotopic (exact) mass is 252 g/mol. The van der Waals surface area contributed by atoms with Crippen LogP contribution >= 0.6 is 1.16 Å². The Hall–Kier alpha value is 0.306. The number of hydrogen-bond donors (Lipinski definition) is 0. The Morgan fingerprint density at radius 2 is 2.00 bits per heavy atom. The van der Waals surface area contributed by atoms with Gasteiger partial charge in [0.1, 0.15) is 0 Å². The third-order valence-electron chi connectivity index (χ3n) is 3.30. The van der Waals surface area contributed by atoms with Crippen molar-refractivity contribution in [2.75, 3.05) is 0 Å². The molecule has 0 N–H and O–H groups in total. The van der Waals surface area contributed by atoms with Crippen LogP contribution < -0.4 is 0 Å². The second-order valence-electron chi connectivity index (χ2n) is 4.81. The van der Waals surface area contributed by atoms with Gasteiger partial charge in [0.15, 0.2) is 0 Å². The van der Waals surface area contributed by atoms with Gasteiger partial charge in [-0.1, -0.05) is 0 Å². The van der Waals surface area contributed by atoms with Crippen LogP contribution in [0.3, 0.4) is 0 Å². The van der Waals surface area contributed by atoms with E-state index in [0.717, 1.165) is 11.1 Å². The van der Waals surface area contributed by atoms with E-state index in [2.05, 4.69) is 25.1 Å². The van der Waals surface area contributed by atoms with E-state index in [1.165, 1.54) is 17.3 Å². The van der Waals surface area contributed by atoms with Crippen molar-refractivity contribution < 1.29 is 4.79 Å². The summed E-state index contributed by atoms with van der Waals surface area (Å²) >= 11 is -0.868. The molecule has 0 spiro atoms. The summed E-state index contributed by atoms with van der Waals surface area (Å²) in [5, 5.41) is 1.32. The molecule has 3 rings (SSSR count). The summed E-state index contributed by atoms with van der Waals surface area (Å²) in [7, 11) is 0. The Morgan fingerprint density at radius 1 is 1.19 bits per heavy atom. The molecule has 0 unspecified atom stereocenters. The van der Waals surface area contributed by atoms with Crippen LogP contribution in [0.15, 0.2) is 29.5 Å². The predicted octanol–water partition coefficient (Wildman–Crippen LogP) is 3.39. The number of hydrogen-bond acceptors (Lipinski definition) is 1. The van der Waals surface area contributed by atoms with Crippen molar-refractivity contribution >= 4 is 57.3 Å². The van der Waals surface area contributed by atoms with Gasteiger partial charge in [0.05, 0.1) is 0 Å². The van der Waals surface area contributed by atoms with E-state index >= 15 is 0 Å². The van der Waals surface area contributed by atoms with Crippen LogP contribution in [0.4, 0.5) is 0 Å². The van der Waals surface area contributed by atoms with Crippen LogP contribution in [0.5, 0.6) is 0 Å². The van der Waals surface area contributed by atoms with Gasteiger partial charge in [-0.15, -0.1) is 0 Å². The average molecular weight is 252 g/mol. The molecular weight excluding hydrogens is 242 g/mol. The predicted molar refractivity (Wildman–Crippen MR) is 68.9 cm³/mol. The topological polar surface area (TPSA) is 17.1 Å². The van der Waals surface area contributed by atoms with Crippen LogP contribution in [0.1, 0.15) is 28.4 Å². The Kier molecular flexibility index (Phi) is 2.99. The number of carbonyl (C=O) groups is 1. The SMILES string of the molecule is C[C]1=CC2=C([P]=[K]1)c1ccc(C)cc1C2=O. The number of ketones is 1. The fourth-order valence-electron chi connectivity index (χ4n) is 2.47. The van der Waals surface area contributed by atoms with Gasteiger partial charge in [-0.05, 0) is 0 Å². The first-order chi connectivity index (χ1) is 7.66. The molecular formula is C13H10KOP.